The standard InChI is InChI=1S/C18H21N5O3.CH2O2/c1-12-2-3-13(6-19-12)16(25)22-7-14-8-23(10-18(14,9-22)11-24)17(26)15-4-5-20-21-15;2-1-3/h2-6,14,24H,7-11H2,1H3,(H,20,21);1H,(H,2,3)/t14-,18+;/m1./s1. The molecule has 0 saturated carbocycles. The summed E-state index contributed by atoms with van der Waals surface area (Å²) in [6.45, 7) is 3.49. The summed E-state index contributed by atoms with van der Waals surface area (Å²) in [4.78, 5) is 41.4. The molecule has 4 heterocycles. The van der Waals surface area contributed by atoms with Crippen LogP contribution < -0.4 is 0 Å². The number of carbonyl (C=O) groups excluding carboxylic acids is 2. The molecule has 2 aromatic rings. The van der Waals surface area contributed by atoms with Gasteiger partial charge in [-0.1, -0.05) is 0 Å². The van der Waals surface area contributed by atoms with E-state index in [1.165, 1.54) is 0 Å². The van der Waals surface area contributed by atoms with Gasteiger partial charge in [0, 0.05) is 55.6 Å². The van der Waals surface area contributed by atoms with Gasteiger partial charge in [-0.25, -0.2) is 0 Å². The van der Waals surface area contributed by atoms with Gasteiger partial charge in [0.2, 0.25) is 0 Å². The number of H-pyrrole nitrogens is 1. The van der Waals surface area contributed by atoms with Crippen LogP contribution in [0.4, 0.5) is 0 Å². The van der Waals surface area contributed by atoms with E-state index >= 15 is 0 Å². The Morgan fingerprint density at radius 3 is 2.38 bits per heavy atom. The minimum Gasteiger partial charge on any atom is -0.483 e. The second-order valence-electron chi connectivity index (χ2n) is 7.35. The van der Waals surface area contributed by atoms with Crippen LogP contribution in [0.5, 0.6) is 0 Å². The number of aromatic nitrogens is 3. The zero-order valence-electron chi connectivity index (χ0n) is 16.0. The predicted octanol–water partition coefficient (Wildman–Crippen LogP) is 0.0206. The van der Waals surface area contributed by atoms with E-state index in [-0.39, 0.29) is 30.8 Å². The number of aromatic amines is 1. The van der Waals surface area contributed by atoms with Crippen molar-refractivity contribution in [2.75, 3.05) is 32.8 Å². The van der Waals surface area contributed by atoms with Gasteiger partial charge in [-0.2, -0.15) is 5.10 Å². The number of nitrogens with one attached hydrogen (secondary N) is 1. The first kappa shape index (κ1) is 20.5. The van der Waals surface area contributed by atoms with Gasteiger partial charge >= 0.3 is 0 Å². The van der Waals surface area contributed by atoms with Crippen LogP contribution in [-0.4, -0.2) is 86.3 Å². The van der Waals surface area contributed by atoms with E-state index in [2.05, 4.69) is 15.2 Å². The summed E-state index contributed by atoms with van der Waals surface area (Å²) >= 11 is 0. The number of carbonyl (C=O) groups is 3. The maximum absolute atomic E-state index is 12.8. The first-order valence-electron chi connectivity index (χ1n) is 9.13. The fourth-order valence-electron chi connectivity index (χ4n) is 4.04. The van der Waals surface area contributed by atoms with Crippen molar-refractivity contribution >= 4 is 18.3 Å². The van der Waals surface area contributed by atoms with Gasteiger partial charge in [0.1, 0.15) is 5.69 Å². The fraction of sp³-hybridized carbons (Fsp3) is 0.421. The van der Waals surface area contributed by atoms with Crippen molar-refractivity contribution < 1.29 is 24.6 Å². The van der Waals surface area contributed by atoms with Gasteiger partial charge < -0.3 is 20.0 Å². The molecule has 2 aliphatic rings. The molecule has 2 aliphatic heterocycles. The molecule has 0 unspecified atom stereocenters. The first-order valence-corrected chi connectivity index (χ1v) is 9.13. The summed E-state index contributed by atoms with van der Waals surface area (Å²) in [6.07, 6.45) is 3.13. The Labute approximate surface area is 167 Å². The van der Waals surface area contributed by atoms with Crippen molar-refractivity contribution in [2.24, 2.45) is 11.3 Å². The third-order valence-electron chi connectivity index (χ3n) is 5.54. The molecule has 10 heteroatoms. The van der Waals surface area contributed by atoms with Crippen LogP contribution in [0, 0.1) is 18.3 Å². The Morgan fingerprint density at radius 1 is 1.24 bits per heavy atom. The Kier molecular flexibility index (Phi) is 5.92. The van der Waals surface area contributed by atoms with Crippen molar-refractivity contribution in [3.05, 3.63) is 47.5 Å². The number of rotatable bonds is 3. The molecule has 2 fully saturated rings. The Hall–Kier alpha value is -3.27. The van der Waals surface area contributed by atoms with Crippen LogP contribution in [-0.2, 0) is 4.79 Å². The van der Waals surface area contributed by atoms with Crippen molar-refractivity contribution in [2.45, 2.75) is 6.92 Å². The number of hydrogen-bond acceptors (Lipinski definition) is 6. The molecular formula is C19H23N5O5. The zero-order chi connectivity index (χ0) is 21.0. The molecule has 0 bridgehead atoms. The highest BCUT2D eigenvalue weighted by Gasteiger charge is 2.54. The number of carboxylic acid groups (broad SMARTS) is 1. The summed E-state index contributed by atoms with van der Waals surface area (Å²) in [5.74, 6) is -0.141. The normalized spacial score (nSPS) is 22.6. The maximum Gasteiger partial charge on any atom is 0.290 e. The summed E-state index contributed by atoms with van der Waals surface area (Å²) in [7, 11) is 0. The number of nitrogens with zero attached hydrogens (tertiary/aromatic N) is 4. The molecule has 2 atom stereocenters. The molecular weight excluding hydrogens is 378 g/mol. The van der Waals surface area contributed by atoms with E-state index in [1.54, 1.807) is 34.3 Å². The van der Waals surface area contributed by atoms with Crippen LogP contribution in [0.25, 0.3) is 0 Å². The lowest BCUT2D eigenvalue weighted by Gasteiger charge is -2.27. The lowest BCUT2D eigenvalue weighted by Crippen LogP contribution is -2.40. The van der Waals surface area contributed by atoms with Gasteiger partial charge in [-0.05, 0) is 25.1 Å². The van der Waals surface area contributed by atoms with E-state index in [9.17, 15) is 14.7 Å². The van der Waals surface area contributed by atoms with Crippen LogP contribution in [0.3, 0.4) is 0 Å². The number of hydrogen-bond donors (Lipinski definition) is 3. The fourth-order valence-corrected chi connectivity index (χ4v) is 4.04. The number of aliphatic hydroxyl groups excluding tert-OH is 1. The summed E-state index contributed by atoms with van der Waals surface area (Å²) < 4.78 is 0. The Bertz CT molecular complexity index is 870. The number of fused-ring (bicyclic) bond motifs is 1. The molecule has 2 aromatic heterocycles. The molecule has 0 aromatic carbocycles. The summed E-state index contributed by atoms with van der Waals surface area (Å²) in [6, 6.07) is 5.23. The number of aliphatic hydroxyl groups is 1. The SMILES string of the molecule is Cc1ccc(C(=O)N2C[C@@H]3CN(C(=O)c4ccn[nH]4)C[C@]3(CO)C2)cn1.O=CO. The maximum atomic E-state index is 12.8. The van der Waals surface area contributed by atoms with Gasteiger partial charge in [-0.3, -0.25) is 24.5 Å². The predicted molar refractivity (Wildman–Crippen MR) is 101 cm³/mol. The van der Waals surface area contributed by atoms with Crippen molar-refractivity contribution in [3.63, 3.8) is 0 Å². The van der Waals surface area contributed by atoms with Gasteiger partial charge in [0.05, 0.1) is 12.2 Å². The van der Waals surface area contributed by atoms with Gasteiger partial charge in [-0.15, -0.1) is 0 Å². The monoisotopic (exact) mass is 401 g/mol. The molecule has 10 nitrogen and oxygen atoms in total. The molecule has 0 spiro atoms. The summed E-state index contributed by atoms with van der Waals surface area (Å²) in [5.41, 5.74) is 1.38. The zero-order valence-corrected chi connectivity index (χ0v) is 16.0. The average Bonchev–Trinajstić information content (AvgIpc) is 3.43. The highest BCUT2D eigenvalue weighted by Crippen LogP contribution is 2.42. The van der Waals surface area contributed by atoms with E-state index in [0.29, 0.717) is 37.4 Å². The first-order chi connectivity index (χ1) is 13.9. The lowest BCUT2D eigenvalue weighted by molar-refractivity contribution is -0.122. The molecule has 154 valence electrons. The summed E-state index contributed by atoms with van der Waals surface area (Å²) in [5, 5.41) is 23.5. The topological polar surface area (TPSA) is 140 Å². The molecule has 4 rings (SSSR count). The van der Waals surface area contributed by atoms with E-state index in [1.807, 2.05) is 13.0 Å². The second-order valence-corrected chi connectivity index (χ2v) is 7.35. The Morgan fingerprint density at radius 2 is 1.90 bits per heavy atom. The van der Waals surface area contributed by atoms with Gasteiger partial charge in [0.15, 0.2) is 0 Å². The van der Waals surface area contributed by atoms with Gasteiger partial charge in [0.25, 0.3) is 18.3 Å². The van der Waals surface area contributed by atoms with Crippen LogP contribution in [0.15, 0.2) is 30.6 Å². The molecule has 0 radical (unpaired) electrons. The van der Waals surface area contributed by atoms with Crippen molar-refractivity contribution in [1.82, 2.24) is 25.0 Å². The number of amides is 2. The molecule has 0 aliphatic carbocycles. The third-order valence-corrected chi connectivity index (χ3v) is 5.54. The van der Waals surface area contributed by atoms with E-state index < -0.39 is 5.41 Å². The van der Waals surface area contributed by atoms with E-state index in [0.717, 1.165) is 5.69 Å². The highest BCUT2D eigenvalue weighted by molar-refractivity contribution is 5.94. The number of aryl methyl sites for hydroxylation is 1. The second kappa shape index (κ2) is 8.39. The van der Waals surface area contributed by atoms with Crippen LogP contribution >= 0.6 is 0 Å². The quantitative estimate of drug-likeness (QED) is 0.616. The number of likely N-dealkylation sites (tertiary alicyclic amines) is 2. The Balaban J connectivity index is 0.000000755. The third kappa shape index (κ3) is 3.97. The lowest BCUT2D eigenvalue weighted by atomic mass is 9.82. The number of pyridine rings is 1. The molecule has 2 amide bonds. The van der Waals surface area contributed by atoms with Crippen molar-refractivity contribution in [1.29, 1.82) is 0 Å². The molecule has 3 N–H and O–H groups in total. The average molecular weight is 401 g/mol. The van der Waals surface area contributed by atoms with Crippen molar-refractivity contribution in [3.8, 4) is 0 Å². The smallest absolute Gasteiger partial charge is 0.290 e. The molecule has 29 heavy (non-hydrogen) atoms. The molecule has 2 saturated heterocycles. The minimum absolute atomic E-state index is 0.0552. The highest BCUT2D eigenvalue weighted by atomic mass is 16.3. The van der Waals surface area contributed by atoms with E-state index in [4.69, 9.17) is 9.90 Å². The minimum atomic E-state index is -0.469. The van der Waals surface area contributed by atoms with Crippen LogP contribution in [0.1, 0.15) is 26.5 Å². The van der Waals surface area contributed by atoms with Crippen LogP contribution in [0.2, 0.25) is 0 Å². The largest absolute Gasteiger partial charge is 0.483 e.